The molecule has 26 heavy (non-hydrogen) atoms. The first kappa shape index (κ1) is 18.8. The highest BCUT2D eigenvalue weighted by atomic mass is 32.2. The maximum Gasteiger partial charge on any atom is 0.353 e. The summed E-state index contributed by atoms with van der Waals surface area (Å²) in [5, 5.41) is 22.5. The molecule has 3 rings (SSSR count). The van der Waals surface area contributed by atoms with Gasteiger partial charge in [0, 0.05) is 36.7 Å². The van der Waals surface area contributed by atoms with Gasteiger partial charge in [-0.25, -0.2) is 4.79 Å². The number of aliphatic hydroxyl groups excluding tert-OH is 1. The van der Waals surface area contributed by atoms with E-state index in [9.17, 15) is 24.6 Å². The molecule has 3 aliphatic rings. The van der Waals surface area contributed by atoms with E-state index in [0.717, 1.165) is 0 Å². The zero-order chi connectivity index (χ0) is 19.3. The number of nitrogens with one attached hydrogen (secondary N) is 1. The third-order valence-electron chi connectivity index (χ3n) is 5.23. The highest BCUT2D eigenvalue weighted by Gasteiger charge is 2.60. The van der Waals surface area contributed by atoms with Crippen LogP contribution in [0.25, 0.3) is 0 Å². The molecular formula is C17H23N3O5S. The molecule has 5 atom stereocenters. The summed E-state index contributed by atoms with van der Waals surface area (Å²) in [6, 6.07) is -0.682. The third kappa shape index (κ3) is 2.79. The van der Waals surface area contributed by atoms with Crippen LogP contribution < -0.4 is 5.32 Å². The van der Waals surface area contributed by atoms with Crippen molar-refractivity contribution >= 4 is 29.5 Å². The lowest BCUT2D eigenvalue weighted by Gasteiger charge is -2.44. The van der Waals surface area contributed by atoms with Gasteiger partial charge < -0.3 is 20.4 Å². The van der Waals surface area contributed by atoms with Crippen LogP contribution in [0.5, 0.6) is 0 Å². The largest absolute Gasteiger partial charge is 0.512 e. The van der Waals surface area contributed by atoms with Gasteiger partial charge >= 0.3 is 5.97 Å². The van der Waals surface area contributed by atoms with Crippen LogP contribution in [-0.2, 0) is 14.4 Å². The second-order valence-electron chi connectivity index (χ2n) is 7.14. The second kappa shape index (κ2) is 6.62. The van der Waals surface area contributed by atoms with Crippen LogP contribution in [0.3, 0.4) is 0 Å². The molecule has 0 saturated carbocycles. The Bertz CT molecular complexity index is 719. The standard InChI is InChI=1S/C17H23N3O5S/c1-7-12-11(8(2)21)16(23)20(12)13(17(24)25)14(7)26-9-5-10(18-6-9)15(22)19(3)4/h7,9-12,18,21H,2,5-6H2,1,3-4H3,(H,24,25)/t7-,9+,10+,11-,12-/m1/s1. The van der Waals surface area contributed by atoms with Crippen LogP contribution in [0.1, 0.15) is 13.3 Å². The maximum atomic E-state index is 12.3. The number of nitrogens with zero attached hydrogens (tertiary/aromatic N) is 2. The summed E-state index contributed by atoms with van der Waals surface area (Å²) in [4.78, 5) is 39.6. The quantitative estimate of drug-likeness (QED) is 0.466. The van der Waals surface area contributed by atoms with E-state index in [2.05, 4.69) is 11.9 Å². The summed E-state index contributed by atoms with van der Waals surface area (Å²) in [7, 11) is 3.40. The van der Waals surface area contributed by atoms with Gasteiger partial charge in [0.05, 0.1) is 17.8 Å². The molecule has 2 saturated heterocycles. The van der Waals surface area contributed by atoms with E-state index in [1.165, 1.54) is 21.6 Å². The number of β-lactam (4-membered cyclic amide) rings is 1. The molecule has 142 valence electrons. The van der Waals surface area contributed by atoms with Crippen molar-refractivity contribution in [3.05, 3.63) is 22.9 Å². The topological polar surface area (TPSA) is 110 Å². The molecule has 0 radical (unpaired) electrons. The van der Waals surface area contributed by atoms with Crippen molar-refractivity contribution in [3.8, 4) is 0 Å². The van der Waals surface area contributed by atoms with Gasteiger partial charge in [0.1, 0.15) is 11.6 Å². The van der Waals surface area contributed by atoms with E-state index >= 15 is 0 Å². The van der Waals surface area contributed by atoms with Crippen molar-refractivity contribution in [1.82, 2.24) is 15.1 Å². The molecule has 3 N–H and O–H groups in total. The lowest BCUT2D eigenvalue weighted by molar-refractivity contribution is -0.155. The van der Waals surface area contributed by atoms with Crippen LogP contribution >= 0.6 is 11.8 Å². The molecular weight excluding hydrogens is 358 g/mol. The fraction of sp³-hybridized carbons (Fsp3) is 0.588. The summed E-state index contributed by atoms with van der Waals surface area (Å²) >= 11 is 1.42. The Hall–Kier alpha value is -2.00. The average molecular weight is 381 g/mol. The zero-order valence-corrected chi connectivity index (χ0v) is 15.7. The summed E-state index contributed by atoms with van der Waals surface area (Å²) < 4.78 is 0. The minimum Gasteiger partial charge on any atom is -0.512 e. The van der Waals surface area contributed by atoms with Crippen molar-refractivity contribution in [1.29, 1.82) is 0 Å². The predicted octanol–water partition coefficient (Wildman–Crippen LogP) is 0.383. The molecule has 8 nitrogen and oxygen atoms in total. The summed E-state index contributed by atoms with van der Waals surface area (Å²) in [5.74, 6) is -2.76. The fourth-order valence-corrected chi connectivity index (χ4v) is 5.43. The number of fused-ring (bicyclic) bond motifs is 1. The Morgan fingerprint density at radius 2 is 2.00 bits per heavy atom. The molecule has 3 aliphatic heterocycles. The van der Waals surface area contributed by atoms with Crippen LogP contribution in [0.4, 0.5) is 0 Å². The lowest BCUT2D eigenvalue weighted by atomic mass is 9.81. The number of hydrogen-bond acceptors (Lipinski definition) is 6. The molecule has 0 aromatic rings. The lowest BCUT2D eigenvalue weighted by Crippen LogP contribution is -2.60. The van der Waals surface area contributed by atoms with E-state index in [1.807, 2.05) is 6.92 Å². The minimum absolute atomic E-state index is 0.00242. The molecule has 0 aromatic heterocycles. The van der Waals surface area contributed by atoms with E-state index in [0.29, 0.717) is 17.9 Å². The second-order valence-corrected chi connectivity index (χ2v) is 8.49. The van der Waals surface area contributed by atoms with Crippen LogP contribution in [0.15, 0.2) is 22.9 Å². The van der Waals surface area contributed by atoms with Crippen molar-refractivity contribution in [2.24, 2.45) is 11.8 Å². The van der Waals surface area contributed by atoms with E-state index in [1.54, 1.807) is 14.1 Å². The maximum absolute atomic E-state index is 12.3. The Morgan fingerprint density at radius 3 is 2.54 bits per heavy atom. The predicted molar refractivity (Wildman–Crippen MR) is 96.2 cm³/mol. The Morgan fingerprint density at radius 1 is 1.35 bits per heavy atom. The number of likely N-dealkylation sites (N-methyl/N-ethyl adjacent to an activating group) is 1. The normalized spacial score (nSPS) is 33.1. The van der Waals surface area contributed by atoms with Crippen LogP contribution in [0, 0.1) is 11.8 Å². The van der Waals surface area contributed by atoms with Gasteiger partial charge in [-0.2, -0.15) is 0 Å². The monoisotopic (exact) mass is 381 g/mol. The average Bonchev–Trinajstić information content (AvgIpc) is 3.09. The molecule has 0 unspecified atom stereocenters. The smallest absolute Gasteiger partial charge is 0.353 e. The van der Waals surface area contributed by atoms with Gasteiger partial charge in [-0.15, -0.1) is 11.8 Å². The SMILES string of the molecule is C=C(O)[C@H]1C(=O)N2C(C(=O)O)=C(S[C@@H]3CN[C@H](C(=O)N(C)C)C3)[C@H](C)[C@H]12. The van der Waals surface area contributed by atoms with Crippen molar-refractivity contribution in [2.75, 3.05) is 20.6 Å². The fourth-order valence-electron chi connectivity index (χ4n) is 3.95. The van der Waals surface area contributed by atoms with E-state index in [-0.39, 0.29) is 34.6 Å². The number of rotatable bonds is 5. The number of thioether (sulfide) groups is 1. The number of hydrogen-bond donors (Lipinski definition) is 3. The van der Waals surface area contributed by atoms with Gasteiger partial charge in [-0.1, -0.05) is 13.5 Å². The Kier molecular flexibility index (Phi) is 4.78. The summed E-state index contributed by atoms with van der Waals surface area (Å²) in [5.41, 5.74) is -0.00242. The zero-order valence-electron chi connectivity index (χ0n) is 14.9. The van der Waals surface area contributed by atoms with Crippen LogP contribution in [-0.4, -0.2) is 75.8 Å². The van der Waals surface area contributed by atoms with Crippen LogP contribution in [0.2, 0.25) is 0 Å². The number of carbonyl (C=O) groups is 3. The molecule has 0 aliphatic carbocycles. The minimum atomic E-state index is -1.15. The van der Waals surface area contributed by atoms with Gasteiger partial charge in [0.2, 0.25) is 11.8 Å². The first-order chi connectivity index (χ1) is 12.1. The van der Waals surface area contributed by atoms with E-state index in [4.69, 9.17) is 0 Å². The molecule has 0 spiro atoms. The number of carboxylic acid groups (broad SMARTS) is 1. The van der Waals surface area contributed by atoms with E-state index < -0.39 is 23.8 Å². The molecule has 9 heteroatoms. The molecule has 2 amide bonds. The first-order valence-corrected chi connectivity index (χ1v) is 9.32. The van der Waals surface area contributed by atoms with Gasteiger partial charge in [0.25, 0.3) is 0 Å². The van der Waals surface area contributed by atoms with Crippen molar-refractivity contribution in [3.63, 3.8) is 0 Å². The van der Waals surface area contributed by atoms with Crippen molar-refractivity contribution < 1.29 is 24.6 Å². The number of carbonyl (C=O) groups excluding carboxylic acids is 2. The Balaban J connectivity index is 1.79. The number of aliphatic carboxylic acids is 1. The number of amides is 2. The van der Waals surface area contributed by atoms with Gasteiger partial charge in [-0.3, -0.25) is 14.5 Å². The van der Waals surface area contributed by atoms with Gasteiger partial charge in [-0.05, 0) is 6.42 Å². The summed E-state index contributed by atoms with van der Waals surface area (Å²) in [6.07, 6.45) is 0.597. The highest BCUT2D eigenvalue weighted by molar-refractivity contribution is 8.03. The number of carboxylic acids is 1. The molecule has 3 heterocycles. The van der Waals surface area contributed by atoms with Crippen molar-refractivity contribution in [2.45, 2.75) is 30.7 Å². The number of aliphatic hydroxyl groups is 1. The molecule has 0 aromatic carbocycles. The van der Waals surface area contributed by atoms with Gasteiger partial charge in [0.15, 0.2) is 0 Å². The first-order valence-electron chi connectivity index (χ1n) is 8.44. The third-order valence-corrected chi connectivity index (χ3v) is 6.74. The molecule has 0 bridgehead atoms. The molecule has 2 fully saturated rings. The highest BCUT2D eigenvalue weighted by Crippen LogP contribution is 2.52. The Labute approximate surface area is 155 Å². The summed E-state index contributed by atoms with van der Waals surface area (Å²) in [6.45, 7) is 5.90.